The zero-order valence-electron chi connectivity index (χ0n) is 14.2. The van der Waals surface area contributed by atoms with Crippen LogP contribution >= 0.6 is 24.8 Å². The van der Waals surface area contributed by atoms with E-state index in [1.165, 1.54) is 12.1 Å². The van der Waals surface area contributed by atoms with Gasteiger partial charge >= 0.3 is 6.03 Å². The van der Waals surface area contributed by atoms with Crippen LogP contribution in [0.25, 0.3) is 10.9 Å². The minimum atomic E-state index is -0.399. The Balaban J connectivity index is 0.00000169. The van der Waals surface area contributed by atoms with Gasteiger partial charge in [-0.05, 0) is 48.5 Å². The van der Waals surface area contributed by atoms with Crippen molar-refractivity contribution in [3.8, 4) is 0 Å². The lowest BCUT2D eigenvalue weighted by Crippen LogP contribution is -2.19. The summed E-state index contributed by atoms with van der Waals surface area (Å²) >= 11 is 0. The zero-order valence-corrected chi connectivity index (χ0v) is 15.8. The van der Waals surface area contributed by atoms with E-state index in [4.69, 9.17) is 0 Å². The molecule has 3 rings (SSSR count). The van der Waals surface area contributed by atoms with E-state index < -0.39 is 6.03 Å². The van der Waals surface area contributed by atoms with Crippen LogP contribution in [0.1, 0.15) is 0 Å². The van der Waals surface area contributed by atoms with Gasteiger partial charge in [0.05, 0.1) is 11.2 Å². The number of hydrogen-bond acceptors (Lipinski definition) is 3. The molecule has 0 unspecified atom stereocenters. The number of anilines is 3. The molecule has 0 aliphatic heterocycles. The third kappa shape index (κ3) is 4.97. The second-order valence-corrected chi connectivity index (χ2v) is 5.54. The molecule has 0 aliphatic rings. The number of urea groups is 1. The molecular formula is C18H19Cl2FN4O. The Labute approximate surface area is 163 Å². The lowest BCUT2D eigenvalue weighted by molar-refractivity contribution is 0.262. The highest BCUT2D eigenvalue weighted by atomic mass is 35.5. The maximum absolute atomic E-state index is 13.4. The summed E-state index contributed by atoms with van der Waals surface area (Å²) in [6.45, 7) is 0. The van der Waals surface area contributed by atoms with E-state index in [1.807, 2.05) is 43.3 Å². The van der Waals surface area contributed by atoms with E-state index in [9.17, 15) is 9.18 Å². The van der Waals surface area contributed by atoms with Crippen molar-refractivity contribution >= 4 is 58.8 Å². The fourth-order valence-electron chi connectivity index (χ4n) is 2.36. The largest absolute Gasteiger partial charge is 0.378 e. The van der Waals surface area contributed by atoms with Crippen LogP contribution in [0.15, 0.2) is 54.7 Å². The second-order valence-electron chi connectivity index (χ2n) is 5.54. The summed E-state index contributed by atoms with van der Waals surface area (Å²) in [6.07, 6.45) is 1.57. The molecular weight excluding hydrogens is 378 g/mol. The number of benzene rings is 2. The van der Waals surface area contributed by atoms with Gasteiger partial charge in [-0.1, -0.05) is 0 Å². The van der Waals surface area contributed by atoms with Crippen LogP contribution in [0.3, 0.4) is 0 Å². The van der Waals surface area contributed by atoms with E-state index >= 15 is 0 Å². The Morgan fingerprint density at radius 1 is 1.00 bits per heavy atom. The molecule has 1 heterocycles. The molecule has 0 spiro atoms. The molecule has 0 saturated carbocycles. The van der Waals surface area contributed by atoms with Gasteiger partial charge < -0.3 is 15.5 Å². The Kier molecular flexibility index (Phi) is 7.61. The maximum atomic E-state index is 13.4. The number of amides is 2. The standard InChI is InChI=1S/C18H17FN4O.2ClH/c1-23(2)14-6-4-13(5-7-14)21-18(24)22-17-9-10-20-16-8-3-12(19)11-15(16)17;;/h3-11H,1-2H3,(H2,20,21,22,24);2*1H. The van der Waals surface area contributed by atoms with E-state index in [2.05, 4.69) is 15.6 Å². The van der Waals surface area contributed by atoms with Gasteiger partial charge in [0.1, 0.15) is 5.82 Å². The third-order valence-electron chi connectivity index (χ3n) is 3.59. The van der Waals surface area contributed by atoms with E-state index in [-0.39, 0.29) is 30.6 Å². The summed E-state index contributed by atoms with van der Waals surface area (Å²) in [5, 5.41) is 6.04. The SMILES string of the molecule is CN(C)c1ccc(NC(=O)Nc2ccnc3ccc(F)cc23)cc1.Cl.Cl. The predicted molar refractivity (Wildman–Crippen MR) is 110 cm³/mol. The van der Waals surface area contributed by atoms with Gasteiger partial charge in [-0.15, -0.1) is 24.8 Å². The first-order chi connectivity index (χ1) is 11.5. The molecule has 0 bridgehead atoms. The smallest absolute Gasteiger partial charge is 0.323 e. The number of nitrogens with zero attached hydrogens (tertiary/aromatic N) is 2. The first-order valence-electron chi connectivity index (χ1n) is 7.42. The third-order valence-corrected chi connectivity index (χ3v) is 3.59. The number of carbonyl (C=O) groups is 1. The van der Waals surface area contributed by atoms with Crippen molar-refractivity contribution in [1.82, 2.24) is 4.98 Å². The maximum Gasteiger partial charge on any atom is 0.323 e. The average molecular weight is 397 g/mol. The monoisotopic (exact) mass is 396 g/mol. The number of hydrogen-bond donors (Lipinski definition) is 2. The quantitative estimate of drug-likeness (QED) is 0.659. The van der Waals surface area contributed by atoms with Gasteiger partial charge in [0, 0.05) is 37.1 Å². The summed E-state index contributed by atoms with van der Waals surface area (Å²) in [4.78, 5) is 18.3. The summed E-state index contributed by atoms with van der Waals surface area (Å²) < 4.78 is 13.4. The minimum absolute atomic E-state index is 0. The molecule has 2 amide bonds. The van der Waals surface area contributed by atoms with E-state index in [0.29, 0.717) is 22.3 Å². The van der Waals surface area contributed by atoms with Crippen molar-refractivity contribution in [3.05, 3.63) is 60.5 Å². The molecule has 0 fully saturated rings. The molecule has 2 aromatic carbocycles. The number of halogens is 3. The van der Waals surface area contributed by atoms with Crippen LogP contribution in [0, 0.1) is 5.82 Å². The van der Waals surface area contributed by atoms with Gasteiger partial charge in [0.15, 0.2) is 0 Å². The van der Waals surface area contributed by atoms with Crippen molar-refractivity contribution in [2.24, 2.45) is 0 Å². The van der Waals surface area contributed by atoms with Crippen molar-refractivity contribution in [1.29, 1.82) is 0 Å². The molecule has 138 valence electrons. The molecule has 0 radical (unpaired) electrons. The lowest BCUT2D eigenvalue weighted by Gasteiger charge is -2.13. The number of carbonyl (C=O) groups excluding carboxylic acids is 1. The molecule has 8 heteroatoms. The first-order valence-corrected chi connectivity index (χ1v) is 7.42. The van der Waals surface area contributed by atoms with Gasteiger partial charge in [0.2, 0.25) is 0 Å². The number of pyridine rings is 1. The van der Waals surface area contributed by atoms with Crippen LogP contribution in [0.4, 0.5) is 26.2 Å². The number of aromatic nitrogens is 1. The van der Waals surface area contributed by atoms with Gasteiger partial charge in [-0.25, -0.2) is 9.18 Å². The van der Waals surface area contributed by atoms with Crippen LogP contribution in [0.5, 0.6) is 0 Å². The molecule has 0 saturated heterocycles. The molecule has 5 nitrogen and oxygen atoms in total. The molecule has 0 atom stereocenters. The van der Waals surface area contributed by atoms with Gasteiger partial charge in [-0.3, -0.25) is 4.98 Å². The molecule has 0 aliphatic carbocycles. The Morgan fingerprint density at radius 3 is 2.35 bits per heavy atom. The predicted octanol–water partition coefficient (Wildman–Crippen LogP) is 4.93. The fourth-order valence-corrected chi connectivity index (χ4v) is 2.36. The van der Waals surface area contributed by atoms with Crippen LogP contribution in [-0.4, -0.2) is 25.1 Å². The van der Waals surface area contributed by atoms with Crippen molar-refractivity contribution in [2.75, 3.05) is 29.6 Å². The van der Waals surface area contributed by atoms with Gasteiger partial charge in [0.25, 0.3) is 0 Å². The van der Waals surface area contributed by atoms with Crippen molar-refractivity contribution in [2.45, 2.75) is 0 Å². The average Bonchev–Trinajstić information content (AvgIpc) is 2.56. The number of rotatable bonds is 3. The Hall–Kier alpha value is -2.57. The molecule has 1 aromatic heterocycles. The summed E-state index contributed by atoms with van der Waals surface area (Å²) in [6, 6.07) is 13.0. The molecule has 3 aromatic rings. The fraction of sp³-hybridized carbons (Fsp3) is 0.111. The van der Waals surface area contributed by atoms with E-state index in [1.54, 1.807) is 18.3 Å². The summed E-state index contributed by atoms with van der Waals surface area (Å²) in [7, 11) is 3.89. The highest BCUT2D eigenvalue weighted by Crippen LogP contribution is 2.23. The van der Waals surface area contributed by atoms with E-state index in [0.717, 1.165) is 5.69 Å². The Bertz CT molecular complexity index is 888. The number of nitrogens with one attached hydrogen (secondary N) is 2. The van der Waals surface area contributed by atoms with Crippen molar-refractivity contribution in [3.63, 3.8) is 0 Å². The topological polar surface area (TPSA) is 57.3 Å². The van der Waals surface area contributed by atoms with Crippen molar-refractivity contribution < 1.29 is 9.18 Å². The lowest BCUT2D eigenvalue weighted by atomic mass is 10.2. The first kappa shape index (κ1) is 21.5. The highest BCUT2D eigenvalue weighted by molar-refractivity contribution is 6.05. The van der Waals surface area contributed by atoms with Crippen LogP contribution in [-0.2, 0) is 0 Å². The van der Waals surface area contributed by atoms with Crippen LogP contribution in [0.2, 0.25) is 0 Å². The molecule has 26 heavy (non-hydrogen) atoms. The highest BCUT2D eigenvalue weighted by Gasteiger charge is 2.08. The van der Waals surface area contributed by atoms with Crippen LogP contribution < -0.4 is 15.5 Å². The second kappa shape index (κ2) is 9.22. The Morgan fingerprint density at radius 2 is 1.69 bits per heavy atom. The number of fused-ring (bicyclic) bond motifs is 1. The normalized spacial score (nSPS) is 9.65. The summed E-state index contributed by atoms with van der Waals surface area (Å²) in [5.41, 5.74) is 2.82. The summed E-state index contributed by atoms with van der Waals surface area (Å²) in [5.74, 6) is -0.377. The van der Waals surface area contributed by atoms with Gasteiger partial charge in [-0.2, -0.15) is 0 Å². The minimum Gasteiger partial charge on any atom is -0.378 e. The zero-order chi connectivity index (χ0) is 17.1. The molecule has 2 N–H and O–H groups in total.